The van der Waals surface area contributed by atoms with Crippen molar-refractivity contribution in [2.24, 2.45) is 0 Å². The summed E-state index contributed by atoms with van der Waals surface area (Å²) in [5.74, 6) is 0. The molecule has 0 heterocycles. The normalized spacial score (nSPS) is 15.9. The predicted molar refractivity (Wildman–Crippen MR) is 405 cm³/mol. The maximum atomic E-state index is 3.15. The average Bonchev–Trinajstić information content (AvgIpc) is 2.99. The van der Waals surface area contributed by atoms with Crippen molar-refractivity contribution in [1.29, 1.82) is 0 Å². The van der Waals surface area contributed by atoms with Crippen molar-refractivity contribution in [2.45, 2.75) is 304 Å². The fourth-order valence-electron chi connectivity index (χ4n) is 21.3. The molecule has 0 spiro atoms. The summed E-state index contributed by atoms with van der Waals surface area (Å²) in [6, 6.07) is 12.6. The van der Waals surface area contributed by atoms with Gasteiger partial charge in [-0.05, 0) is 0 Å². The predicted octanol–water partition coefficient (Wildman–Crippen LogP) is 20.1. The summed E-state index contributed by atoms with van der Waals surface area (Å²) in [6.07, 6.45) is 0. The van der Waals surface area contributed by atoms with Crippen molar-refractivity contribution in [3.8, 4) is 0 Å². The van der Waals surface area contributed by atoms with Crippen LogP contribution >= 0.6 is 0 Å². The van der Waals surface area contributed by atoms with E-state index in [-0.39, 0.29) is 0 Å². The third-order valence-electron chi connectivity index (χ3n) is 18.4. The van der Waals surface area contributed by atoms with Crippen LogP contribution in [0.5, 0.6) is 0 Å². The fourth-order valence-corrected chi connectivity index (χ4v) is 152. The fraction of sp³-hybridized carbons (Fsp3) is 0.800. The molecule has 0 unspecified atom stereocenters. The first-order valence-corrected chi connectivity index (χ1v) is 91.4. The Bertz CT molecular complexity index is 1980. The van der Waals surface area contributed by atoms with E-state index in [0.717, 1.165) is 20.7 Å². The third-order valence-corrected chi connectivity index (χ3v) is 112. The zero-order chi connectivity index (χ0) is 61.2. The van der Waals surface area contributed by atoms with Gasteiger partial charge in [0.15, 0.2) is 0 Å². The molecule has 2 aromatic carbocycles. The molecular formula is C60H134Sb2Si14. The van der Waals surface area contributed by atoms with Gasteiger partial charge < -0.3 is 0 Å². The van der Waals surface area contributed by atoms with E-state index >= 15 is 0 Å². The molecule has 0 nitrogen and oxygen atoms in total. The molecule has 0 bridgehead atoms. The summed E-state index contributed by atoms with van der Waals surface area (Å²) < 4.78 is 4.90. The van der Waals surface area contributed by atoms with E-state index in [2.05, 4.69) is 306 Å². The van der Waals surface area contributed by atoms with Crippen molar-refractivity contribution < 1.29 is 0 Å². The van der Waals surface area contributed by atoms with E-state index in [4.69, 9.17) is 0 Å². The van der Waals surface area contributed by atoms with E-state index < -0.39 is 147 Å². The molecule has 16 heteroatoms. The Morgan fingerprint density at radius 1 is 0.224 bits per heavy atom. The van der Waals surface area contributed by atoms with E-state index in [1.807, 2.05) is 33.4 Å². The monoisotopic (exact) mass is 1490 g/mol. The summed E-state index contributed by atoms with van der Waals surface area (Å²) in [6.45, 7) is 119. The van der Waals surface area contributed by atoms with Gasteiger partial charge in [0.25, 0.3) is 0 Å². The Balaban J connectivity index is 4.21. The Morgan fingerprint density at radius 2 is 0.342 bits per heavy atom. The SMILES string of the molecule is C[Si](C)(C)C(c1cc(C([Si](C)(C)C)([Si](C)(C)C)[Si](C)(C)C)cc(C([Si](C)(C)C)[Si](C)(C)C)[c]1[Sb]=[Sb][c]1c(C([Si](C)(C)C)[Si](C)(C)C)cc(C([Si](C)(C)C)([Si](C)(C)C)[Si](C)(C)C)cc1C([Si](C)(C)C)[Si](C)(C)C)[Si](C)(C)C. The van der Waals surface area contributed by atoms with Crippen LogP contribution in [0, 0.1) is 0 Å². The molecule has 0 aliphatic heterocycles. The van der Waals surface area contributed by atoms with Gasteiger partial charge in [-0.15, -0.1) is 0 Å². The second-order valence-corrected chi connectivity index (χ2v) is 131. The van der Waals surface area contributed by atoms with Crippen molar-refractivity contribution in [3.63, 3.8) is 0 Å². The summed E-state index contributed by atoms with van der Waals surface area (Å²) >= 11 is -1.72. The van der Waals surface area contributed by atoms with Gasteiger partial charge in [0.2, 0.25) is 0 Å². The van der Waals surface area contributed by atoms with E-state index in [9.17, 15) is 0 Å². The van der Waals surface area contributed by atoms with Crippen LogP contribution in [0.15, 0.2) is 24.3 Å². The maximum absolute atomic E-state index is 3.15. The minimum atomic E-state index is -1.80. The second-order valence-electron chi connectivity index (χ2n) is 39.9. The zero-order valence-electron chi connectivity index (χ0n) is 59.5. The van der Waals surface area contributed by atoms with Crippen molar-refractivity contribution >= 4 is 154 Å². The molecule has 2 rings (SSSR count). The Labute approximate surface area is 509 Å². The van der Waals surface area contributed by atoms with Gasteiger partial charge in [0, 0.05) is 0 Å². The molecular weight excluding hydrogens is 1360 g/mol. The molecule has 76 heavy (non-hydrogen) atoms. The van der Waals surface area contributed by atoms with Crippen molar-refractivity contribution in [2.75, 3.05) is 0 Å². The van der Waals surface area contributed by atoms with Crippen LogP contribution in [0.4, 0.5) is 0 Å². The van der Waals surface area contributed by atoms with E-state index in [1.54, 1.807) is 0 Å². The molecule has 2 aromatic rings. The molecule has 0 fully saturated rings. The molecule has 0 saturated carbocycles. The Morgan fingerprint density at radius 3 is 0.434 bits per heavy atom. The van der Waals surface area contributed by atoms with Crippen LogP contribution in [-0.4, -0.2) is 147 Å². The first-order chi connectivity index (χ1) is 32.6. The van der Waals surface area contributed by atoms with Gasteiger partial charge in [-0.3, -0.25) is 0 Å². The zero-order valence-corrected chi connectivity index (χ0v) is 78.6. The van der Waals surface area contributed by atoms with Gasteiger partial charge in [-0.25, -0.2) is 0 Å². The Kier molecular flexibility index (Phi) is 23.1. The summed E-state index contributed by atoms with van der Waals surface area (Å²) in [4.78, 5) is 0. The first-order valence-electron chi connectivity index (χ1n) is 30.4. The van der Waals surface area contributed by atoms with Gasteiger partial charge in [0.1, 0.15) is 0 Å². The summed E-state index contributed by atoms with van der Waals surface area (Å²) in [5.41, 5.74) is 11.8. The van der Waals surface area contributed by atoms with Crippen molar-refractivity contribution in [3.05, 3.63) is 57.6 Å². The summed E-state index contributed by atoms with van der Waals surface area (Å²) in [5, 5.41) is 3.03. The number of benzene rings is 2. The topological polar surface area (TPSA) is 0 Å². The first kappa shape index (κ1) is 75.2. The van der Waals surface area contributed by atoms with Gasteiger partial charge >= 0.3 is 516 Å². The molecule has 440 valence electrons. The quantitative estimate of drug-likeness (QED) is 0.103. The molecule has 0 amide bonds. The molecule has 0 atom stereocenters. The minimum absolute atomic E-state index is 0.360. The van der Waals surface area contributed by atoms with Gasteiger partial charge in [-0.2, -0.15) is 0 Å². The number of hydrogen-bond acceptors (Lipinski definition) is 0. The molecule has 0 aliphatic rings. The molecule has 0 N–H and O–H groups in total. The number of hydrogen-bond donors (Lipinski definition) is 0. The van der Waals surface area contributed by atoms with Crippen LogP contribution in [0.1, 0.15) is 54.0 Å². The van der Waals surface area contributed by atoms with Gasteiger partial charge in [0.05, 0.1) is 0 Å². The van der Waals surface area contributed by atoms with E-state index in [0.29, 0.717) is 8.57 Å². The number of rotatable bonds is 22. The molecule has 0 aromatic heterocycles. The third kappa shape index (κ3) is 15.4. The van der Waals surface area contributed by atoms with Crippen LogP contribution in [0.2, 0.25) is 275 Å². The summed E-state index contributed by atoms with van der Waals surface area (Å²) in [7, 11) is -24.5. The average molecular weight is 1490 g/mol. The van der Waals surface area contributed by atoms with Crippen LogP contribution < -0.4 is 7.02 Å². The van der Waals surface area contributed by atoms with Crippen molar-refractivity contribution in [1.82, 2.24) is 0 Å². The second kappa shape index (κ2) is 23.3. The molecule has 0 aliphatic carbocycles. The molecule has 0 saturated heterocycles. The van der Waals surface area contributed by atoms with Crippen LogP contribution in [0.25, 0.3) is 0 Å². The standard InChI is InChI=1S/2C30H67Si7.2Sb/c2*1-31(2,3)28(32(4,5)6)25-22-26(29(33(7,8)9)34(10,11)12)24-27(23-25)30(35(13,14)15,36(16,17)18)37(19,20)21;;/h2*23-24,28-29H,1-21H3;;. The Hall–Kier alpha value is 3.11. The van der Waals surface area contributed by atoms with Crippen LogP contribution in [-0.2, 0) is 8.57 Å². The van der Waals surface area contributed by atoms with Gasteiger partial charge in [-0.1, -0.05) is 0 Å². The van der Waals surface area contributed by atoms with Crippen LogP contribution in [0.3, 0.4) is 0 Å². The molecule has 0 radical (unpaired) electrons. The van der Waals surface area contributed by atoms with E-state index in [1.165, 1.54) is 0 Å².